The topological polar surface area (TPSA) is 64.8 Å². The molecule has 0 aromatic heterocycles. The van der Waals surface area contributed by atoms with Gasteiger partial charge in [-0.1, -0.05) is 20.8 Å². The highest BCUT2D eigenvalue weighted by Gasteiger charge is 2.35. The number of hydrogen-bond donors (Lipinski definition) is 1. The van der Waals surface area contributed by atoms with Gasteiger partial charge in [-0.05, 0) is 46.3 Å². The second kappa shape index (κ2) is 9.10. The van der Waals surface area contributed by atoms with Crippen LogP contribution in [0.1, 0.15) is 44.0 Å². The molecule has 1 aromatic carbocycles. The molecule has 1 aliphatic rings. The molecule has 0 bridgehead atoms. The van der Waals surface area contributed by atoms with Crippen LogP contribution in [-0.2, 0) is 0 Å². The van der Waals surface area contributed by atoms with Crippen molar-refractivity contribution in [1.29, 1.82) is 0 Å². The highest BCUT2D eigenvalue weighted by molar-refractivity contribution is 9.10. The van der Waals surface area contributed by atoms with Crippen molar-refractivity contribution in [2.45, 2.75) is 39.7 Å². The molecule has 1 aromatic rings. The minimum atomic E-state index is -0.0839. The molecule has 0 spiro atoms. The van der Waals surface area contributed by atoms with Gasteiger partial charge in [-0.15, -0.1) is 12.4 Å². The number of nitrogens with zero attached hydrogens (tertiary/aromatic N) is 1. The Labute approximate surface area is 164 Å². The van der Waals surface area contributed by atoms with Gasteiger partial charge in [0.1, 0.15) is 0 Å². The third-order valence-corrected chi connectivity index (χ3v) is 5.12. The maximum atomic E-state index is 12.9. The Hall–Kier alpha value is -0.980. The van der Waals surface area contributed by atoms with Gasteiger partial charge in [0.15, 0.2) is 11.5 Å². The van der Waals surface area contributed by atoms with Gasteiger partial charge in [0.2, 0.25) is 0 Å². The molecule has 1 fully saturated rings. The maximum absolute atomic E-state index is 12.9. The van der Waals surface area contributed by atoms with Crippen molar-refractivity contribution >= 4 is 34.2 Å². The number of nitrogens with two attached hydrogens (primary N) is 1. The van der Waals surface area contributed by atoms with Crippen molar-refractivity contribution < 1.29 is 14.3 Å². The maximum Gasteiger partial charge on any atom is 0.254 e. The minimum Gasteiger partial charge on any atom is -0.493 e. The van der Waals surface area contributed by atoms with Gasteiger partial charge in [0, 0.05) is 24.7 Å². The molecular weight excluding hydrogens is 408 g/mol. The molecule has 1 amide bonds. The zero-order chi connectivity index (χ0) is 17.9. The fourth-order valence-corrected chi connectivity index (χ4v) is 3.47. The average Bonchev–Trinajstić information content (AvgIpc) is 2.54. The summed E-state index contributed by atoms with van der Waals surface area (Å²) in [6.45, 7) is 8.19. The predicted molar refractivity (Wildman–Crippen MR) is 106 cm³/mol. The minimum absolute atomic E-state index is 0. The Balaban J connectivity index is 0.00000312. The van der Waals surface area contributed by atoms with Crippen molar-refractivity contribution in [3.63, 3.8) is 0 Å². The fraction of sp³-hybridized carbons (Fsp3) is 0.611. The smallest absolute Gasteiger partial charge is 0.254 e. The lowest BCUT2D eigenvalue weighted by molar-refractivity contribution is 0.0532. The Kier molecular flexibility index (Phi) is 8.03. The lowest BCUT2D eigenvalue weighted by atomic mass is 9.79. The van der Waals surface area contributed by atoms with Crippen LogP contribution in [0.2, 0.25) is 0 Å². The second-order valence-corrected chi connectivity index (χ2v) is 7.80. The molecule has 0 aliphatic carbocycles. The van der Waals surface area contributed by atoms with E-state index in [0.29, 0.717) is 36.8 Å². The van der Waals surface area contributed by atoms with Crippen molar-refractivity contribution in [2.75, 3.05) is 26.8 Å². The van der Waals surface area contributed by atoms with Crippen molar-refractivity contribution in [3.05, 3.63) is 22.2 Å². The van der Waals surface area contributed by atoms with Crippen LogP contribution in [0.3, 0.4) is 0 Å². The lowest BCUT2D eigenvalue weighted by Crippen LogP contribution is -2.54. The molecule has 25 heavy (non-hydrogen) atoms. The van der Waals surface area contributed by atoms with E-state index in [-0.39, 0.29) is 29.8 Å². The summed E-state index contributed by atoms with van der Waals surface area (Å²) in [6, 6.07) is 3.67. The van der Waals surface area contributed by atoms with E-state index >= 15 is 0 Å². The average molecular weight is 436 g/mol. The number of halogens is 2. The number of ether oxygens (including phenoxy) is 2. The van der Waals surface area contributed by atoms with E-state index in [4.69, 9.17) is 15.2 Å². The number of methoxy groups -OCH3 is 1. The lowest BCUT2D eigenvalue weighted by Gasteiger charge is -2.42. The van der Waals surface area contributed by atoms with Crippen LogP contribution >= 0.6 is 28.3 Å². The fourth-order valence-electron chi connectivity index (χ4n) is 2.92. The highest BCUT2D eigenvalue weighted by atomic mass is 79.9. The van der Waals surface area contributed by atoms with E-state index in [0.717, 1.165) is 17.3 Å². The molecule has 7 heteroatoms. The van der Waals surface area contributed by atoms with E-state index in [2.05, 4.69) is 29.8 Å². The molecule has 1 saturated heterocycles. The number of rotatable bonds is 5. The van der Waals surface area contributed by atoms with Crippen molar-refractivity contribution in [2.24, 2.45) is 11.1 Å². The van der Waals surface area contributed by atoms with E-state index in [1.165, 1.54) is 0 Å². The summed E-state index contributed by atoms with van der Waals surface area (Å²) in [7, 11) is 1.58. The number of carbonyl (C=O) groups is 1. The summed E-state index contributed by atoms with van der Waals surface area (Å²) in [4.78, 5) is 14.8. The monoisotopic (exact) mass is 434 g/mol. The zero-order valence-electron chi connectivity index (χ0n) is 15.3. The molecule has 1 heterocycles. The summed E-state index contributed by atoms with van der Waals surface area (Å²) in [6.07, 6.45) is 1.72. The Morgan fingerprint density at radius 3 is 2.68 bits per heavy atom. The molecule has 2 rings (SSSR count). The summed E-state index contributed by atoms with van der Waals surface area (Å²) < 4.78 is 11.9. The zero-order valence-corrected chi connectivity index (χ0v) is 17.7. The van der Waals surface area contributed by atoms with E-state index in [9.17, 15) is 4.79 Å². The molecule has 0 saturated carbocycles. The first-order valence-corrected chi connectivity index (χ1v) is 9.14. The highest BCUT2D eigenvalue weighted by Crippen LogP contribution is 2.37. The number of carbonyl (C=O) groups excluding carboxylic acids is 1. The first-order chi connectivity index (χ1) is 11.3. The third-order valence-electron chi connectivity index (χ3n) is 4.53. The van der Waals surface area contributed by atoms with Crippen LogP contribution in [0.5, 0.6) is 11.5 Å². The Bertz CT molecular complexity index is 610. The summed E-state index contributed by atoms with van der Waals surface area (Å²) in [5, 5.41) is 0. The molecule has 1 atom stereocenters. The van der Waals surface area contributed by atoms with E-state index < -0.39 is 0 Å². The van der Waals surface area contributed by atoms with Gasteiger partial charge >= 0.3 is 0 Å². The van der Waals surface area contributed by atoms with Crippen LogP contribution in [0, 0.1) is 5.41 Å². The number of benzene rings is 1. The summed E-state index contributed by atoms with van der Waals surface area (Å²) in [5.74, 6) is 1.20. The molecule has 0 radical (unpaired) electrons. The van der Waals surface area contributed by atoms with Crippen molar-refractivity contribution in [3.8, 4) is 11.5 Å². The van der Waals surface area contributed by atoms with Crippen LogP contribution in [0.15, 0.2) is 16.6 Å². The van der Waals surface area contributed by atoms with Gasteiger partial charge in [0.25, 0.3) is 5.91 Å². The van der Waals surface area contributed by atoms with Crippen molar-refractivity contribution in [1.82, 2.24) is 4.90 Å². The van der Waals surface area contributed by atoms with Crippen LogP contribution < -0.4 is 15.2 Å². The largest absolute Gasteiger partial charge is 0.493 e. The number of likely N-dealkylation sites (tertiary alicyclic amines) is 1. The van der Waals surface area contributed by atoms with E-state index in [1.807, 2.05) is 11.8 Å². The van der Waals surface area contributed by atoms with Crippen LogP contribution in [0.4, 0.5) is 0 Å². The summed E-state index contributed by atoms with van der Waals surface area (Å²) in [5.41, 5.74) is 6.68. The predicted octanol–water partition coefficient (Wildman–Crippen LogP) is 3.87. The quantitative estimate of drug-likeness (QED) is 0.762. The van der Waals surface area contributed by atoms with Crippen LogP contribution in [0.25, 0.3) is 0 Å². The Morgan fingerprint density at radius 1 is 1.44 bits per heavy atom. The molecule has 1 aliphatic heterocycles. The standard InChI is InChI=1S/C18H27BrN2O3.ClH/c1-5-8-24-16-13(19)9-12(10-14(16)23-4)17(22)21-7-6-15(20)18(2,3)11-21;/h9-10,15H,5-8,11,20H2,1-4H3;1H. The third kappa shape index (κ3) is 5.02. The Morgan fingerprint density at radius 2 is 2.12 bits per heavy atom. The van der Waals surface area contributed by atoms with Gasteiger partial charge in [-0.25, -0.2) is 0 Å². The number of hydrogen-bond acceptors (Lipinski definition) is 4. The molecular formula is C18H28BrClN2O3. The first kappa shape index (κ1) is 22.1. The van der Waals surface area contributed by atoms with Gasteiger partial charge < -0.3 is 20.1 Å². The van der Waals surface area contributed by atoms with Gasteiger partial charge in [-0.2, -0.15) is 0 Å². The number of piperidine rings is 1. The number of amides is 1. The van der Waals surface area contributed by atoms with Gasteiger partial charge in [0.05, 0.1) is 18.2 Å². The van der Waals surface area contributed by atoms with E-state index in [1.54, 1.807) is 19.2 Å². The summed E-state index contributed by atoms with van der Waals surface area (Å²) >= 11 is 3.50. The molecule has 1 unspecified atom stereocenters. The SMILES string of the molecule is CCCOc1c(Br)cc(C(=O)N2CCC(N)C(C)(C)C2)cc1OC.Cl. The molecule has 2 N–H and O–H groups in total. The second-order valence-electron chi connectivity index (χ2n) is 6.95. The molecule has 142 valence electrons. The molecule has 5 nitrogen and oxygen atoms in total. The normalized spacial score (nSPS) is 19.1. The van der Waals surface area contributed by atoms with Crippen LogP contribution in [-0.4, -0.2) is 43.7 Å². The first-order valence-electron chi connectivity index (χ1n) is 8.35. The van der Waals surface area contributed by atoms with Gasteiger partial charge in [-0.3, -0.25) is 4.79 Å².